The van der Waals surface area contributed by atoms with Crippen LogP contribution < -0.4 is 10.6 Å². The second kappa shape index (κ2) is 10.7. The van der Waals surface area contributed by atoms with Gasteiger partial charge in [-0.25, -0.2) is 4.79 Å². The molecule has 7 heteroatoms. The van der Waals surface area contributed by atoms with Crippen molar-refractivity contribution >= 4 is 18.0 Å². The van der Waals surface area contributed by atoms with Crippen LogP contribution in [0.5, 0.6) is 0 Å². The summed E-state index contributed by atoms with van der Waals surface area (Å²) in [6.45, 7) is 2.75. The summed E-state index contributed by atoms with van der Waals surface area (Å²) in [5.41, 5.74) is 4.46. The minimum Gasteiger partial charge on any atom is -0.481 e. The quantitative estimate of drug-likeness (QED) is 0.486. The number of hydrogen-bond donors (Lipinski definition) is 3. The fourth-order valence-electron chi connectivity index (χ4n) is 4.88. The monoisotopic (exact) mass is 464 g/mol. The Morgan fingerprint density at radius 3 is 2.21 bits per heavy atom. The van der Waals surface area contributed by atoms with Gasteiger partial charge in [-0.3, -0.25) is 9.59 Å². The minimum absolute atomic E-state index is 0.00315. The fraction of sp³-hybridized carbons (Fsp3) is 0.444. The Morgan fingerprint density at radius 2 is 1.65 bits per heavy atom. The molecule has 1 fully saturated rings. The van der Waals surface area contributed by atoms with Crippen LogP contribution in [0.4, 0.5) is 4.79 Å². The summed E-state index contributed by atoms with van der Waals surface area (Å²) in [5.74, 6) is -0.510. The summed E-state index contributed by atoms with van der Waals surface area (Å²) in [4.78, 5) is 36.4. The van der Waals surface area contributed by atoms with Gasteiger partial charge in [-0.1, -0.05) is 74.7 Å². The summed E-state index contributed by atoms with van der Waals surface area (Å²) in [7, 11) is 0. The molecule has 4 rings (SSSR count). The standard InChI is InChI=1S/C27H32N2O5/c1-17(18-7-6-8-18)15-28-26(32)24(13-14-25(30)31)29-27(33)34-16-23-21-11-4-2-9-19(21)20-10-3-5-12-22(20)23/h2-5,9-12,17-18,23-24H,6-8,13-16H2,1H3,(H,28,32)(H,29,33)(H,30,31). The van der Waals surface area contributed by atoms with Gasteiger partial charge in [0.05, 0.1) is 0 Å². The van der Waals surface area contributed by atoms with E-state index in [2.05, 4.69) is 29.7 Å². The molecule has 2 aromatic carbocycles. The van der Waals surface area contributed by atoms with Crippen LogP contribution in [0.15, 0.2) is 48.5 Å². The van der Waals surface area contributed by atoms with Gasteiger partial charge in [0.1, 0.15) is 12.6 Å². The van der Waals surface area contributed by atoms with Crippen molar-refractivity contribution < 1.29 is 24.2 Å². The van der Waals surface area contributed by atoms with Gasteiger partial charge in [0, 0.05) is 18.9 Å². The molecule has 2 unspecified atom stereocenters. The summed E-state index contributed by atoms with van der Waals surface area (Å²) < 4.78 is 5.54. The highest BCUT2D eigenvalue weighted by Gasteiger charge is 2.30. The second-order valence-electron chi connectivity index (χ2n) is 9.37. The third kappa shape index (κ3) is 5.41. The van der Waals surface area contributed by atoms with E-state index in [0.29, 0.717) is 18.4 Å². The third-order valence-corrected chi connectivity index (χ3v) is 7.15. The van der Waals surface area contributed by atoms with E-state index in [1.165, 1.54) is 19.3 Å². The molecule has 180 valence electrons. The number of carboxylic acid groups (broad SMARTS) is 1. The van der Waals surface area contributed by atoms with Gasteiger partial charge in [0.15, 0.2) is 0 Å². The van der Waals surface area contributed by atoms with Crippen molar-refractivity contribution in [2.45, 2.75) is 51.0 Å². The molecule has 34 heavy (non-hydrogen) atoms. The van der Waals surface area contributed by atoms with Crippen LogP contribution in [-0.4, -0.2) is 42.3 Å². The number of ether oxygens (including phenoxy) is 1. The molecule has 0 heterocycles. The molecule has 2 aromatic rings. The maximum atomic E-state index is 12.7. The smallest absolute Gasteiger partial charge is 0.407 e. The summed E-state index contributed by atoms with van der Waals surface area (Å²) in [6, 6.07) is 15.1. The van der Waals surface area contributed by atoms with Crippen LogP contribution in [0.3, 0.4) is 0 Å². The summed E-state index contributed by atoms with van der Waals surface area (Å²) >= 11 is 0. The molecular weight excluding hydrogens is 432 g/mol. The molecule has 2 amide bonds. The number of alkyl carbamates (subject to hydrolysis) is 1. The number of fused-ring (bicyclic) bond motifs is 3. The van der Waals surface area contributed by atoms with E-state index < -0.39 is 18.1 Å². The third-order valence-electron chi connectivity index (χ3n) is 7.15. The molecule has 2 aliphatic carbocycles. The summed E-state index contributed by atoms with van der Waals surface area (Å²) in [6.07, 6.45) is 2.64. The number of rotatable bonds is 10. The number of benzene rings is 2. The Hall–Kier alpha value is -3.35. The number of aliphatic carboxylic acids is 1. The fourth-order valence-corrected chi connectivity index (χ4v) is 4.88. The Bertz CT molecular complexity index is 1000. The van der Waals surface area contributed by atoms with Crippen molar-refractivity contribution in [3.8, 4) is 11.1 Å². The van der Waals surface area contributed by atoms with Crippen molar-refractivity contribution in [2.75, 3.05) is 13.2 Å². The van der Waals surface area contributed by atoms with Gasteiger partial charge < -0.3 is 20.5 Å². The van der Waals surface area contributed by atoms with E-state index in [4.69, 9.17) is 9.84 Å². The molecule has 2 atom stereocenters. The van der Waals surface area contributed by atoms with Gasteiger partial charge in [0.2, 0.25) is 5.91 Å². The predicted octanol–water partition coefficient (Wildman–Crippen LogP) is 4.31. The molecule has 2 aliphatic rings. The number of hydrogen-bond acceptors (Lipinski definition) is 4. The number of amides is 2. The lowest BCUT2D eigenvalue weighted by Crippen LogP contribution is -2.48. The van der Waals surface area contributed by atoms with Crippen molar-refractivity contribution in [2.24, 2.45) is 11.8 Å². The van der Waals surface area contributed by atoms with Crippen LogP contribution in [0.2, 0.25) is 0 Å². The minimum atomic E-state index is -1.02. The molecule has 0 aromatic heterocycles. The maximum absolute atomic E-state index is 12.7. The van der Waals surface area contributed by atoms with Gasteiger partial charge in [-0.05, 0) is 40.5 Å². The first-order valence-electron chi connectivity index (χ1n) is 12.0. The first-order valence-corrected chi connectivity index (χ1v) is 12.0. The molecule has 0 aliphatic heterocycles. The zero-order valence-electron chi connectivity index (χ0n) is 19.5. The van der Waals surface area contributed by atoms with Gasteiger partial charge in [-0.2, -0.15) is 0 Å². The highest BCUT2D eigenvalue weighted by Crippen LogP contribution is 2.44. The van der Waals surface area contributed by atoms with Crippen molar-refractivity contribution in [1.82, 2.24) is 10.6 Å². The van der Waals surface area contributed by atoms with Gasteiger partial charge >= 0.3 is 12.1 Å². The van der Waals surface area contributed by atoms with Gasteiger partial charge in [0.25, 0.3) is 0 Å². The highest BCUT2D eigenvalue weighted by atomic mass is 16.5. The van der Waals surface area contributed by atoms with Crippen molar-refractivity contribution in [1.29, 1.82) is 0 Å². The van der Waals surface area contributed by atoms with E-state index in [0.717, 1.165) is 22.3 Å². The first-order chi connectivity index (χ1) is 16.4. The van der Waals surface area contributed by atoms with Gasteiger partial charge in [-0.15, -0.1) is 0 Å². The molecule has 1 saturated carbocycles. The largest absolute Gasteiger partial charge is 0.481 e. The van der Waals surface area contributed by atoms with E-state index in [-0.39, 0.29) is 31.3 Å². The first kappa shape index (κ1) is 23.8. The van der Waals surface area contributed by atoms with Crippen molar-refractivity contribution in [3.05, 3.63) is 59.7 Å². The lowest BCUT2D eigenvalue weighted by Gasteiger charge is -2.31. The lowest BCUT2D eigenvalue weighted by molar-refractivity contribution is -0.137. The predicted molar refractivity (Wildman–Crippen MR) is 128 cm³/mol. The highest BCUT2D eigenvalue weighted by molar-refractivity contribution is 5.86. The Labute approximate surface area is 199 Å². The van der Waals surface area contributed by atoms with E-state index in [1.807, 2.05) is 36.4 Å². The average molecular weight is 465 g/mol. The molecule has 3 N–H and O–H groups in total. The van der Waals surface area contributed by atoms with Crippen LogP contribution in [0.1, 0.15) is 56.1 Å². The summed E-state index contributed by atoms with van der Waals surface area (Å²) in [5, 5.41) is 14.5. The second-order valence-corrected chi connectivity index (χ2v) is 9.37. The zero-order chi connectivity index (χ0) is 24.1. The Morgan fingerprint density at radius 1 is 1.03 bits per heavy atom. The van der Waals surface area contributed by atoms with E-state index in [9.17, 15) is 14.4 Å². The van der Waals surface area contributed by atoms with Crippen LogP contribution in [-0.2, 0) is 14.3 Å². The molecule has 0 radical (unpaired) electrons. The SMILES string of the molecule is CC(CNC(=O)C(CCC(=O)O)NC(=O)OCC1c2ccccc2-c2ccccc21)C1CCC1. The molecule has 0 saturated heterocycles. The zero-order valence-corrected chi connectivity index (χ0v) is 19.5. The van der Waals surface area contributed by atoms with Crippen LogP contribution in [0, 0.1) is 11.8 Å². The number of nitrogens with one attached hydrogen (secondary N) is 2. The van der Waals surface area contributed by atoms with E-state index in [1.54, 1.807) is 0 Å². The topological polar surface area (TPSA) is 105 Å². The Kier molecular flexibility index (Phi) is 7.50. The van der Waals surface area contributed by atoms with Crippen LogP contribution in [0.25, 0.3) is 11.1 Å². The van der Waals surface area contributed by atoms with Crippen molar-refractivity contribution in [3.63, 3.8) is 0 Å². The average Bonchev–Trinajstić information content (AvgIpc) is 3.11. The molecular formula is C27H32N2O5. The number of carboxylic acids is 1. The Balaban J connectivity index is 1.36. The molecule has 0 spiro atoms. The normalized spacial score (nSPS) is 16.5. The van der Waals surface area contributed by atoms with Crippen LogP contribution >= 0.6 is 0 Å². The molecule has 7 nitrogen and oxygen atoms in total. The molecule has 0 bridgehead atoms. The maximum Gasteiger partial charge on any atom is 0.407 e. The lowest BCUT2D eigenvalue weighted by atomic mass is 9.77. The number of carbonyl (C=O) groups is 3. The van der Waals surface area contributed by atoms with E-state index >= 15 is 0 Å². The number of carbonyl (C=O) groups excluding carboxylic acids is 2.